The van der Waals surface area contributed by atoms with Crippen LogP contribution in [0, 0.1) is 5.92 Å². The highest BCUT2D eigenvalue weighted by Gasteiger charge is 2.36. The summed E-state index contributed by atoms with van der Waals surface area (Å²) in [6.45, 7) is 3.63. The molecule has 3 rings (SSSR count). The van der Waals surface area contributed by atoms with Crippen LogP contribution in [0.15, 0.2) is 48.5 Å². The largest absolute Gasteiger partial charge is 0.573 e. The predicted octanol–water partition coefficient (Wildman–Crippen LogP) is 8.10. The fourth-order valence-corrected chi connectivity index (χ4v) is 4.15. The van der Waals surface area contributed by atoms with Gasteiger partial charge in [-0.1, -0.05) is 49.7 Å². The van der Waals surface area contributed by atoms with Crippen LogP contribution in [0.2, 0.25) is 0 Å². The molecule has 1 unspecified atom stereocenters. The molecule has 2 aromatic rings. The fraction of sp³-hybridized carbons (Fsp3) is 0.500. The van der Waals surface area contributed by atoms with Crippen molar-refractivity contribution in [3.63, 3.8) is 0 Å². The van der Waals surface area contributed by atoms with E-state index in [9.17, 15) is 22.0 Å². The molecule has 0 aliphatic heterocycles. The molecule has 0 N–H and O–H groups in total. The molecule has 0 radical (unpaired) electrons. The molecule has 1 atom stereocenters. The molecule has 1 saturated carbocycles. The summed E-state index contributed by atoms with van der Waals surface area (Å²) in [6.07, 6.45) is -3.67. The van der Waals surface area contributed by atoms with Crippen molar-refractivity contribution in [1.82, 2.24) is 0 Å². The number of halogens is 5. The zero-order valence-corrected chi connectivity index (χ0v) is 17.6. The molecule has 0 bridgehead atoms. The zero-order valence-electron chi connectivity index (χ0n) is 17.6. The zero-order chi connectivity index (χ0) is 22.6. The third-order valence-corrected chi connectivity index (χ3v) is 6.05. The van der Waals surface area contributed by atoms with Crippen molar-refractivity contribution in [3.05, 3.63) is 65.2 Å². The van der Waals surface area contributed by atoms with Crippen LogP contribution >= 0.6 is 0 Å². The lowest BCUT2D eigenvalue weighted by molar-refractivity contribution is -0.274. The number of alkyl halides is 5. The summed E-state index contributed by atoms with van der Waals surface area (Å²) in [5.41, 5.74) is 1.14. The van der Waals surface area contributed by atoms with Crippen molar-refractivity contribution in [2.75, 3.05) is 0 Å². The first-order chi connectivity index (χ1) is 14.6. The smallest absolute Gasteiger partial charge is 0.406 e. The van der Waals surface area contributed by atoms with Crippen molar-refractivity contribution in [3.8, 4) is 5.75 Å². The van der Waals surface area contributed by atoms with Gasteiger partial charge in [0.15, 0.2) is 0 Å². The Morgan fingerprint density at radius 2 is 1.45 bits per heavy atom. The van der Waals surface area contributed by atoms with Gasteiger partial charge in [0.05, 0.1) is 11.7 Å². The Labute approximate surface area is 179 Å². The first-order valence-electron chi connectivity index (χ1n) is 10.6. The maximum absolute atomic E-state index is 14.7. The van der Waals surface area contributed by atoms with Crippen LogP contribution in [0.25, 0.3) is 0 Å². The summed E-state index contributed by atoms with van der Waals surface area (Å²) in [5, 5.41) is 0. The SMILES string of the molecule is CCC1CCC(c2ccc(C(F)(F)OC(C)c3ccc(OC(F)(F)F)cc3)cc2)CC1. The van der Waals surface area contributed by atoms with Gasteiger partial charge in [-0.05, 0) is 67.7 Å². The number of ether oxygens (including phenoxy) is 2. The van der Waals surface area contributed by atoms with Gasteiger partial charge in [0.25, 0.3) is 0 Å². The summed E-state index contributed by atoms with van der Waals surface area (Å²) < 4.78 is 74.8. The molecule has 0 heterocycles. The summed E-state index contributed by atoms with van der Waals surface area (Å²) in [6, 6.07) is 11.0. The van der Waals surface area contributed by atoms with Crippen LogP contribution in [0.4, 0.5) is 22.0 Å². The van der Waals surface area contributed by atoms with E-state index in [4.69, 9.17) is 4.74 Å². The third-order valence-electron chi connectivity index (χ3n) is 6.05. The Morgan fingerprint density at radius 3 is 1.97 bits per heavy atom. The number of benzene rings is 2. The molecule has 2 nitrogen and oxygen atoms in total. The van der Waals surface area contributed by atoms with E-state index in [0.717, 1.165) is 36.5 Å². The Morgan fingerprint density at radius 1 is 0.871 bits per heavy atom. The van der Waals surface area contributed by atoms with Crippen LogP contribution in [0.3, 0.4) is 0 Å². The molecule has 170 valence electrons. The molecular weight excluding hydrogens is 415 g/mol. The van der Waals surface area contributed by atoms with E-state index in [2.05, 4.69) is 11.7 Å². The van der Waals surface area contributed by atoms with E-state index in [1.54, 1.807) is 12.1 Å². The Kier molecular flexibility index (Phi) is 7.24. The highest BCUT2D eigenvalue weighted by atomic mass is 19.4. The Balaban J connectivity index is 1.62. The van der Waals surface area contributed by atoms with Crippen LogP contribution in [0.1, 0.15) is 74.7 Å². The Bertz CT molecular complexity index is 823. The maximum atomic E-state index is 14.7. The second-order valence-electron chi connectivity index (χ2n) is 8.14. The van der Waals surface area contributed by atoms with E-state index in [-0.39, 0.29) is 5.56 Å². The summed E-state index contributed by atoms with van der Waals surface area (Å²) in [7, 11) is 0. The maximum Gasteiger partial charge on any atom is 0.573 e. The summed E-state index contributed by atoms with van der Waals surface area (Å²) in [5.74, 6) is 0.755. The lowest BCUT2D eigenvalue weighted by atomic mass is 9.78. The molecule has 1 aliphatic rings. The van der Waals surface area contributed by atoms with E-state index in [0.29, 0.717) is 11.5 Å². The van der Waals surface area contributed by atoms with Gasteiger partial charge in [0.1, 0.15) is 5.75 Å². The Hall–Kier alpha value is -2.15. The minimum absolute atomic E-state index is 0.248. The van der Waals surface area contributed by atoms with E-state index >= 15 is 0 Å². The van der Waals surface area contributed by atoms with E-state index in [1.165, 1.54) is 50.5 Å². The average Bonchev–Trinajstić information content (AvgIpc) is 2.73. The molecule has 0 spiro atoms. The highest BCUT2D eigenvalue weighted by molar-refractivity contribution is 5.30. The minimum atomic E-state index is -4.81. The van der Waals surface area contributed by atoms with Crippen molar-refractivity contribution in [2.45, 2.75) is 70.4 Å². The fourth-order valence-electron chi connectivity index (χ4n) is 4.15. The second-order valence-corrected chi connectivity index (χ2v) is 8.14. The summed E-state index contributed by atoms with van der Waals surface area (Å²) >= 11 is 0. The minimum Gasteiger partial charge on any atom is -0.406 e. The number of hydrogen-bond acceptors (Lipinski definition) is 2. The van der Waals surface area contributed by atoms with Crippen LogP contribution < -0.4 is 4.74 Å². The normalized spacial score (nSPS) is 21.0. The first-order valence-corrected chi connectivity index (χ1v) is 10.6. The quantitative estimate of drug-likeness (QED) is 0.403. The molecular formula is C24H27F5O2. The second kappa shape index (κ2) is 9.55. The molecule has 7 heteroatoms. The van der Waals surface area contributed by atoms with Crippen molar-refractivity contribution in [2.24, 2.45) is 5.92 Å². The molecule has 0 aromatic heterocycles. The average molecular weight is 442 g/mol. The van der Waals surface area contributed by atoms with E-state index < -0.39 is 24.3 Å². The van der Waals surface area contributed by atoms with Crippen molar-refractivity contribution >= 4 is 0 Å². The van der Waals surface area contributed by atoms with Crippen LogP contribution in [0.5, 0.6) is 5.75 Å². The lowest BCUT2D eigenvalue weighted by Gasteiger charge is -2.28. The van der Waals surface area contributed by atoms with Gasteiger partial charge in [-0.3, -0.25) is 0 Å². The van der Waals surface area contributed by atoms with Crippen LogP contribution in [-0.4, -0.2) is 6.36 Å². The standard InChI is InChI=1S/C24H27F5O2/c1-3-17-4-6-19(7-5-17)20-8-12-21(13-9-20)23(25,26)30-16(2)18-10-14-22(15-11-18)31-24(27,28)29/h8-17,19H,3-7H2,1-2H3. The van der Waals surface area contributed by atoms with Crippen LogP contribution in [-0.2, 0) is 10.8 Å². The van der Waals surface area contributed by atoms with Gasteiger partial charge >= 0.3 is 12.5 Å². The topological polar surface area (TPSA) is 18.5 Å². The van der Waals surface area contributed by atoms with Gasteiger partial charge in [-0.2, -0.15) is 8.78 Å². The third kappa shape index (κ3) is 6.42. The number of hydrogen-bond donors (Lipinski definition) is 0. The first kappa shape index (κ1) is 23.5. The molecule has 0 amide bonds. The summed E-state index contributed by atoms with van der Waals surface area (Å²) in [4.78, 5) is 0. The highest BCUT2D eigenvalue weighted by Crippen LogP contribution is 2.39. The predicted molar refractivity (Wildman–Crippen MR) is 108 cm³/mol. The van der Waals surface area contributed by atoms with Gasteiger partial charge in [-0.15, -0.1) is 13.2 Å². The molecule has 31 heavy (non-hydrogen) atoms. The van der Waals surface area contributed by atoms with Gasteiger partial charge in [0.2, 0.25) is 0 Å². The molecule has 0 saturated heterocycles. The lowest BCUT2D eigenvalue weighted by Crippen LogP contribution is -2.21. The van der Waals surface area contributed by atoms with E-state index in [1.807, 2.05) is 0 Å². The van der Waals surface area contributed by atoms with Crippen molar-refractivity contribution in [1.29, 1.82) is 0 Å². The van der Waals surface area contributed by atoms with Gasteiger partial charge < -0.3 is 9.47 Å². The number of rotatable bonds is 7. The monoisotopic (exact) mass is 442 g/mol. The molecule has 2 aromatic carbocycles. The van der Waals surface area contributed by atoms with Gasteiger partial charge in [0, 0.05) is 0 Å². The molecule has 1 aliphatic carbocycles. The van der Waals surface area contributed by atoms with Crippen molar-refractivity contribution < 1.29 is 31.4 Å². The molecule has 1 fully saturated rings. The van der Waals surface area contributed by atoms with Gasteiger partial charge in [-0.25, -0.2) is 0 Å².